The van der Waals surface area contributed by atoms with Crippen molar-refractivity contribution in [2.24, 2.45) is 0 Å². The largest absolute Gasteiger partial charge is 0.361 e. The summed E-state index contributed by atoms with van der Waals surface area (Å²) in [5.74, 6) is 0. The van der Waals surface area contributed by atoms with E-state index in [1.165, 1.54) is 88.7 Å². The summed E-state index contributed by atoms with van der Waals surface area (Å²) in [6.45, 7) is 4.81. The van der Waals surface area contributed by atoms with E-state index in [0.29, 0.717) is 0 Å². The lowest BCUT2D eigenvalue weighted by atomic mass is 9.78. The van der Waals surface area contributed by atoms with Crippen LogP contribution in [0, 0.1) is 0 Å². The zero-order chi connectivity index (χ0) is 33.4. The van der Waals surface area contributed by atoms with Gasteiger partial charge in [0.25, 0.3) is 0 Å². The summed E-state index contributed by atoms with van der Waals surface area (Å²) < 4.78 is 0. The highest BCUT2D eigenvalue weighted by molar-refractivity contribution is 6.03. The predicted molar refractivity (Wildman–Crippen MR) is 206 cm³/mol. The Balaban J connectivity index is 1.16. The van der Waals surface area contributed by atoms with Crippen LogP contribution in [-0.2, 0) is 5.41 Å². The summed E-state index contributed by atoms with van der Waals surface area (Å²) in [6, 6.07) is 55.5. The Bertz CT molecular complexity index is 2550. The Hall–Kier alpha value is -6.16. The van der Waals surface area contributed by atoms with Gasteiger partial charge in [0, 0.05) is 52.5 Å². The quantitative estimate of drug-likeness (QED) is 0.167. The van der Waals surface area contributed by atoms with Crippen molar-refractivity contribution in [3.8, 4) is 67.0 Å². The first-order chi connectivity index (χ1) is 24.6. The molecule has 10 rings (SSSR count). The second kappa shape index (κ2) is 10.9. The number of nitrogens with one attached hydrogen (secondary N) is 3. The Morgan fingerprint density at radius 2 is 1.20 bits per heavy atom. The van der Waals surface area contributed by atoms with Crippen molar-refractivity contribution in [3.63, 3.8) is 0 Å². The SMILES string of the molecule is CC1(C)c2ccccc2-c2c(-c3ccc[nH]3)cc3c(c21)-c1ccc(-c2cccc(-c4cc(-c5ccccc5)c[nH]4)c2)cc1[NH+]3c1ccccc1. The topological polar surface area (TPSA) is 36.0 Å². The van der Waals surface area contributed by atoms with E-state index in [-0.39, 0.29) is 5.41 Å². The van der Waals surface area contributed by atoms with Gasteiger partial charge < -0.3 is 9.97 Å². The molecule has 1 unspecified atom stereocenters. The molecule has 0 bridgehead atoms. The third kappa shape index (κ3) is 4.27. The van der Waals surface area contributed by atoms with E-state index in [1.807, 2.05) is 6.20 Å². The van der Waals surface area contributed by atoms with Crippen LogP contribution in [0.1, 0.15) is 25.0 Å². The van der Waals surface area contributed by atoms with E-state index in [1.54, 1.807) is 0 Å². The van der Waals surface area contributed by atoms with Gasteiger partial charge in [-0.25, -0.2) is 4.90 Å². The van der Waals surface area contributed by atoms with Crippen molar-refractivity contribution in [2.75, 3.05) is 0 Å². The summed E-state index contributed by atoms with van der Waals surface area (Å²) in [6.07, 6.45) is 4.14. The van der Waals surface area contributed by atoms with Crippen molar-refractivity contribution < 1.29 is 4.90 Å². The van der Waals surface area contributed by atoms with Gasteiger partial charge in [0.15, 0.2) is 5.69 Å². The third-order valence-electron chi connectivity index (χ3n) is 10.9. The number of fused-ring (bicyclic) bond motifs is 7. The number of hydrogen-bond acceptors (Lipinski definition) is 0. The molecule has 0 saturated carbocycles. The number of benzene rings is 6. The van der Waals surface area contributed by atoms with Gasteiger partial charge in [0.2, 0.25) is 0 Å². The molecule has 0 fully saturated rings. The number of hydrogen-bond donors (Lipinski definition) is 3. The van der Waals surface area contributed by atoms with Crippen LogP contribution in [0.5, 0.6) is 0 Å². The van der Waals surface area contributed by atoms with E-state index in [9.17, 15) is 0 Å². The van der Waals surface area contributed by atoms with Crippen LogP contribution < -0.4 is 4.90 Å². The van der Waals surface area contributed by atoms with Crippen molar-refractivity contribution in [2.45, 2.75) is 19.3 Å². The molecule has 0 saturated heterocycles. The zero-order valence-electron chi connectivity index (χ0n) is 28.1. The summed E-state index contributed by atoms with van der Waals surface area (Å²) in [7, 11) is 0. The number of para-hydroxylation sites is 1. The molecule has 3 N–H and O–H groups in total. The van der Waals surface area contributed by atoms with Crippen LogP contribution in [0.4, 0.5) is 17.1 Å². The zero-order valence-corrected chi connectivity index (χ0v) is 28.1. The van der Waals surface area contributed by atoms with E-state index < -0.39 is 0 Å². The molecule has 2 aliphatic rings. The molecule has 0 spiro atoms. The Labute approximate surface area is 292 Å². The number of H-pyrrole nitrogens is 2. The lowest BCUT2D eigenvalue weighted by Gasteiger charge is -2.24. The molecule has 3 heteroatoms. The Morgan fingerprint density at radius 3 is 2.02 bits per heavy atom. The second-order valence-corrected chi connectivity index (χ2v) is 14.1. The first-order valence-electron chi connectivity index (χ1n) is 17.4. The average Bonchev–Trinajstić information content (AvgIpc) is 3.97. The van der Waals surface area contributed by atoms with Crippen LogP contribution >= 0.6 is 0 Å². The minimum absolute atomic E-state index is 0.163. The fourth-order valence-electron chi connectivity index (χ4n) is 8.59. The van der Waals surface area contributed by atoms with Gasteiger partial charge in [0.1, 0.15) is 11.4 Å². The van der Waals surface area contributed by atoms with E-state index >= 15 is 0 Å². The van der Waals surface area contributed by atoms with E-state index in [0.717, 1.165) is 11.4 Å². The van der Waals surface area contributed by atoms with Gasteiger partial charge in [-0.15, -0.1) is 0 Å². The first-order valence-corrected chi connectivity index (χ1v) is 17.4. The average molecular weight is 643 g/mol. The van der Waals surface area contributed by atoms with Crippen LogP contribution in [0.25, 0.3) is 67.0 Å². The molecule has 1 aliphatic carbocycles. The maximum Gasteiger partial charge on any atom is 0.150 e. The highest BCUT2D eigenvalue weighted by atomic mass is 15.2. The molecule has 6 aromatic carbocycles. The highest BCUT2D eigenvalue weighted by Gasteiger charge is 2.46. The molecule has 1 aliphatic heterocycles. The highest BCUT2D eigenvalue weighted by Crippen LogP contribution is 2.59. The monoisotopic (exact) mass is 642 g/mol. The molecule has 8 aromatic rings. The van der Waals surface area contributed by atoms with Crippen LogP contribution in [0.15, 0.2) is 164 Å². The van der Waals surface area contributed by atoms with Gasteiger partial charge in [0.05, 0.1) is 5.56 Å². The molecule has 1 atom stereocenters. The van der Waals surface area contributed by atoms with Crippen LogP contribution in [0.2, 0.25) is 0 Å². The molecular formula is C47H36N3+. The van der Waals surface area contributed by atoms with Crippen LogP contribution in [-0.4, -0.2) is 9.97 Å². The van der Waals surface area contributed by atoms with Gasteiger partial charge >= 0.3 is 0 Å². The predicted octanol–water partition coefficient (Wildman–Crippen LogP) is 11.5. The number of rotatable bonds is 5. The van der Waals surface area contributed by atoms with Gasteiger partial charge in [-0.05, 0) is 92.5 Å². The fourth-order valence-corrected chi connectivity index (χ4v) is 8.59. The molecule has 3 heterocycles. The minimum Gasteiger partial charge on any atom is -0.361 e. The molecule has 0 radical (unpaired) electrons. The summed E-state index contributed by atoms with van der Waals surface area (Å²) in [4.78, 5) is 8.39. The number of aromatic amines is 2. The Kier molecular flexibility index (Phi) is 6.30. The maximum absolute atomic E-state index is 3.56. The maximum atomic E-state index is 3.56. The molecule has 0 amide bonds. The molecule has 3 nitrogen and oxygen atoms in total. The molecular weight excluding hydrogens is 607 g/mol. The molecule has 238 valence electrons. The normalized spacial score (nSPS) is 15.0. The van der Waals surface area contributed by atoms with Crippen molar-refractivity contribution in [1.82, 2.24) is 9.97 Å². The summed E-state index contributed by atoms with van der Waals surface area (Å²) in [5.41, 5.74) is 21.4. The van der Waals surface area contributed by atoms with Gasteiger partial charge in [-0.1, -0.05) is 111 Å². The lowest BCUT2D eigenvalue weighted by molar-refractivity contribution is -0.677. The van der Waals surface area contributed by atoms with Gasteiger partial charge in [-0.3, -0.25) is 0 Å². The second-order valence-electron chi connectivity index (χ2n) is 14.1. The van der Waals surface area contributed by atoms with E-state index in [2.05, 4.69) is 182 Å². The smallest absolute Gasteiger partial charge is 0.150 e. The first kappa shape index (κ1) is 28.8. The lowest BCUT2D eigenvalue weighted by Crippen LogP contribution is -2.95. The third-order valence-corrected chi connectivity index (χ3v) is 10.9. The summed E-state index contributed by atoms with van der Waals surface area (Å²) >= 11 is 0. The van der Waals surface area contributed by atoms with Gasteiger partial charge in [-0.2, -0.15) is 0 Å². The fraction of sp³-hybridized carbons (Fsp3) is 0.0638. The summed E-state index contributed by atoms with van der Waals surface area (Å²) in [5, 5.41) is 0. The molecule has 2 aromatic heterocycles. The Morgan fingerprint density at radius 1 is 0.460 bits per heavy atom. The van der Waals surface area contributed by atoms with Crippen molar-refractivity contribution in [1.29, 1.82) is 0 Å². The van der Waals surface area contributed by atoms with Crippen molar-refractivity contribution in [3.05, 3.63) is 175 Å². The minimum atomic E-state index is -0.163. The van der Waals surface area contributed by atoms with Crippen LogP contribution in [0.3, 0.4) is 0 Å². The molecule has 50 heavy (non-hydrogen) atoms. The van der Waals surface area contributed by atoms with Crippen molar-refractivity contribution >= 4 is 17.1 Å². The standard InChI is InChI=1S/C47H35N3/c1-47(2)39-20-10-9-19-36(39)44-38(40-21-12-24-48-40)28-43-45(46(44)47)37-23-22-32(27-42(37)50(43)35-17-7-4-8-18-35)31-15-11-16-33(25-31)41-26-34(29-49-41)30-13-5-3-6-14-30/h3-29,48-49H,1-2H3/p+1. The van der Waals surface area contributed by atoms with E-state index in [4.69, 9.17) is 0 Å². The number of aromatic nitrogens is 2. The number of quaternary nitrogens is 1.